The summed E-state index contributed by atoms with van der Waals surface area (Å²) in [5, 5.41) is 3.91. The molecule has 0 atom stereocenters. The Labute approximate surface area is 121 Å². The molecule has 1 aromatic rings. The zero-order chi connectivity index (χ0) is 13.9. The second-order valence-corrected chi connectivity index (χ2v) is 5.03. The quantitative estimate of drug-likeness (QED) is 0.654. The molecule has 0 fully saturated rings. The van der Waals surface area contributed by atoms with Gasteiger partial charge in [-0.2, -0.15) is 0 Å². The third kappa shape index (κ3) is 6.79. The van der Waals surface area contributed by atoms with E-state index in [1.807, 2.05) is 12.1 Å². The van der Waals surface area contributed by atoms with Crippen molar-refractivity contribution in [1.82, 2.24) is 10.3 Å². The lowest BCUT2D eigenvalue weighted by molar-refractivity contribution is 0.292. The van der Waals surface area contributed by atoms with Gasteiger partial charge >= 0.3 is 0 Å². The fourth-order valence-corrected chi connectivity index (χ4v) is 1.97. The molecule has 1 heterocycles. The third-order valence-electron chi connectivity index (χ3n) is 2.93. The van der Waals surface area contributed by atoms with Gasteiger partial charge in [-0.05, 0) is 19.0 Å². The third-order valence-corrected chi connectivity index (χ3v) is 3.28. The highest BCUT2D eigenvalue weighted by Crippen LogP contribution is 2.18. The fourth-order valence-electron chi connectivity index (χ4n) is 1.79. The minimum Gasteiger partial charge on any atom is -0.478 e. The molecule has 108 valence electrons. The maximum Gasteiger partial charge on any atom is 0.213 e. The molecule has 0 spiro atoms. The Kier molecular flexibility index (Phi) is 8.59. The number of nitrogens with one attached hydrogen (secondary N) is 1. The van der Waals surface area contributed by atoms with Crippen LogP contribution in [0, 0.1) is 0 Å². The SMILES string of the molecule is CCCCCCCOc1ccc(Cl)c(CNCC)n1. The van der Waals surface area contributed by atoms with Crippen LogP contribution in [0.2, 0.25) is 5.02 Å². The van der Waals surface area contributed by atoms with Gasteiger partial charge in [-0.1, -0.05) is 51.1 Å². The summed E-state index contributed by atoms with van der Waals surface area (Å²) in [6, 6.07) is 3.69. The molecule has 1 rings (SSSR count). The predicted molar refractivity (Wildman–Crippen MR) is 80.9 cm³/mol. The van der Waals surface area contributed by atoms with Gasteiger partial charge in [0.15, 0.2) is 0 Å². The molecular formula is C15H25ClN2O. The smallest absolute Gasteiger partial charge is 0.213 e. The second kappa shape index (κ2) is 10.0. The molecule has 0 bridgehead atoms. The van der Waals surface area contributed by atoms with E-state index < -0.39 is 0 Å². The monoisotopic (exact) mass is 284 g/mol. The van der Waals surface area contributed by atoms with Crippen LogP contribution in [0.4, 0.5) is 0 Å². The summed E-state index contributed by atoms with van der Waals surface area (Å²) < 4.78 is 5.66. The number of aromatic nitrogens is 1. The summed E-state index contributed by atoms with van der Waals surface area (Å²) in [5.74, 6) is 0.674. The van der Waals surface area contributed by atoms with Crippen molar-refractivity contribution >= 4 is 11.6 Å². The molecule has 0 amide bonds. The maximum absolute atomic E-state index is 6.09. The van der Waals surface area contributed by atoms with Crippen molar-refractivity contribution in [2.45, 2.75) is 52.5 Å². The number of halogens is 1. The first-order valence-electron chi connectivity index (χ1n) is 7.26. The van der Waals surface area contributed by atoms with E-state index in [9.17, 15) is 0 Å². The molecule has 19 heavy (non-hydrogen) atoms. The molecule has 0 aliphatic heterocycles. The highest BCUT2D eigenvalue weighted by molar-refractivity contribution is 6.31. The predicted octanol–water partition coefficient (Wildman–Crippen LogP) is 4.19. The fraction of sp³-hybridized carbons (Fsp3) is 0.667. The number of pyridine rings is 1. The number of rotatable bonds is 10. The van der Waals surface area contributed by atoms with E-state index in [0.717, 1.165) is 25.3 Å². The molecule has 0 aliphatic rings. The number of ether oxygens (including phenoxy) is 1. The van der Waals surface area contributed by atoms with Gasteiger partial charge in [0.25, 0.3) is 0 Å². The van der Waals surface area contributed by atoms with Crippen LogP contribution in [0.15, 0.2) is 12.1 Å². The first kappa shape index (κ1) is 16.3. The molecule has 0 saturated carbocycles. The van der Waals surface area contributed by atoms with Gasteiger partial charge in [0.1, 0.15) is 0 Å². The van der Waals surface area contributed by atoms with E-state index in [2.05, 4.69) is 24.1 Å². The van der Waals surface area contributed by atoms with Crippen LogP contribution in [0.1, 0.15) is 51.6 Å². The Morgan fingerprint density at radius 1 is 1.16 bits per heavy atom. The van der Waals surface area contributed by atoms with Crippen LogP contribution in [0.5, 0.6) is 5.88 Å². The maximum atomic E-state index is 6.09. The highest BCUT2D eigenvalue weighted by Gasteiger charge is 2.04. The molecule has 0 radical (unpaired) electrons. The first-order chi connectivity index (χ1) is 9.27. The van der Waals surface area contributed by atoms with Gasteiger partial charge < -0.3 is 10.1 Å². The Bertz CT molecular complexity index is 358. The lowest BCUT2D eigenvalue weighted by Crippen LogP contribution is -2.13. The van der Waals surface area contributed by atoms with Gasteiger partial charge in [0, 0.05) is 12.6 Å². The Hall–Kier alpha value is -0.800. The molecule has 0 aliphatic carbocycles. The lowest BCUT2D eigenvalue weighted by Gasteiger charge is -2.09. The van der Waals surface area contributed by atoms with Crippen LogP contribution in [-0.2, 0) is 6.54 Å². The number of hydrogen-bond acceptors (Lipinski definition) is 3. The molecule has 3 nitrogen and oxygen atoms in total. The van der Waals surface area contributed by atoms with Crippen LogP contribution in [-0.4, -0.2) is 18.1 Å². The van der Waals surface area contributed by atoms with E-state index in [0.29, 0.717) is 17.4 Å². The summed E-state index contributed by atoms with van der Waals surface area (Å²) in [7, 11) is 0. The van der Waals surface area contributed by atoms with Crippen molar-refractivity contribution in [3.8, 4) is 5.88 Å². The van der Waals surface area contributed by atoms with E-state index in [4.69, 9.17) is 16.3 Å². The van der Waals surface area contributed by atoms with E-state index in [1.54, 1.807) is 0 Å². The molecule has 0 saturated heterocycles. The van der Waals surface area contributed by atoms with E-state index in [1.165, 1.54) is 25.7 Å². The number of unbranched alkanes of at least 4 members (excludes halogenated alkanes) is 4. The average molecular weight is 285 g/mol. The van der Waals surface area contributed by atoms with Crippen molar-refractivity contribution in [2.24, 2.45) is 0 Å². The Balaban J connectivity index is 2.33. The van der Waals surface area contributed by atoms with Crippen molar-refractivity contribution in [2.75, 3.05) is 13.2 Å². The van der Waals surface area contributed by atoms with Crippen molar-refractivity contribution in [3.63, 3.8) is 0 Å². The highest BCUT2D eigenvalue weighted by atomic mass is 35.5. The number of nitrogens with zero attached hydrogens (tertiary/aromatic N) is 1. The van der Waals surface area contributed by atoms with Crippen molar-refractivity contribution < 1.29 is 4.74 Å². The Morgan fingerprint density at radius 2 is 1.95 bits per heavy atom. The van der Waals surface area contributed by atoms with Gasteiger partial charge in [-0.3, -0.25) is 0 Å². The summed E-state index contributed by atoms with van der Waals surface area (Å²) in [4.78, 5) is 4.43. The molecule has 0 aromatic carbocycles. The van der Waals surface area contributed by atoms with Crippen LogP contribution in [0.25, 0.3) is 0 Å². The topological polar surface area (TPSA) is 34.1 Å². The average Bonchev–Trinajstić information content (AvgIpc) is 2.43. The minimum absolute atomic E-state index is 0.674. The molecule has 1 N–H and O–H groups in total. The summed E-state index contributed by atoms with van der Waals surface area (Å²) in [5.41, 5.74) is 0.854. The molecule has 0 unspecified atom stereocenters. The largest absolute Gasteiger partial charge is 0.478 e. The van der Waals surface area contributed by atoms with E-state index >= 15 is 0 Å². The summed E-state index contributed by atoms with van der Waals surface area (Å²) >= 11 is 6.09. The lowest BCUT2D eigenvalue weighted by atomic mass is 10.2. The standard InChI is InChI=1S/C15H25ClN2O/c1-3-5-6-7-8-11-19-15-10-9-13(16)14(18-15)12-17-4-2/h9-10,17H,3-8,11-12H2,1-2H3. The van der Waals surface area contributed by atoms with Gasteiger partial charge in [0.2, 0.25) is 5.88 Å². The van der Waals surface area contributed by atoms with Crippen molar-refractivity contribution in [3.05, 3.63) is 22.8 Å². The van der Waals surface area contributed by atoms with E-state index in [-0.39, 0.29) is 0 Å². The van der Waals surface area contributed by atoms with Crippen LogP contribution in [0.3, 0.4) is 0 Å². The second-order valence-electron chi connectivity index (χ2n) is 4.62. The Morgan fingerprint density at radius 3 is 2.68 bits per heavy atom. The summed E-state index contributed by atoms with van der Waals surface area (Å²) in [6.07, 6.45) is 6.19. The van der Waals surface area contributed by atoms with Gasteiger partial charge in [-0.25, -0.2) is 4.98 Å². The molecule has 4 heteroatoms. The first-order valence-corrected chi connectivity index (χ1v) is 7.64. The zero-order valence-electron chi connectivity index (χ0n) is 12.0. The van der Waals surface area contributed by atoms with Crippen LogP contribution < -0.4 is 10.1 Å². The summed E-state index contributed by atoms with van der Waals surface area (Å²) in [6.45, 7) is 6.60. The van der Waals surface area contributed by atoms with Gasteiger partial charge in [0.05, 0.1) is 17.3 Å². The van der Waals surface area contributed by atoms with Gasteiger partial charge in [-0.15, -0.1) is 0 Å². The zero-order valence-corrected chi connectivity index (χ0v) is 12.8. The van der Waals surface area contributed by atoms with Crippen LogP contribution >= 0.6 is 11.6 Å². The number of hydrogen-bond donors (Lipinski definition) is 1. The normalized spacial score (nSPS) is 10.7. The minimum atomic E-state index is 0.674. The van der Waals surface area contributed by atoms with Crippen molar-refractivity contribution in [1.29, 1.82) is 0 Å². The molecular weight excluding hydrogens is 260 g/mol. The molecule has 1 aromatic heterocycles.